The fraction of sp³-hybridized carbons (Fsp3) is 0. The highest BCUT2D eigenvalue weighted by Gasteiger charge is 2.19. The van der Waals surface area contributed by atoms with Crippen LogP contribution in [0.1, 0.15) is 0 Å². The first kappa shape index (κ1) is 22.6. The van der Waals surface area contributed by atoms with Crippen molar-refractivity contribution in [2.75, 3.05) is 4.90 Å². The zero-order chi connectivity index (χ0) is 26.5. The lowest BCUT2D eigenvalue weighted by Crippen LogP contribution is -2.10. The molecule has 0 N–H and O–H groups in total. The van der Waals surface area contributed by atoms with Crippen molar-refractivity contribution >= 4 is 60.5 Å². The number of benzene rings is 7. The molecule has 0 saturated carbocycles. The molecule has 0 bridgehead atoms. The second kappa shape index (κ2) is 9.14. The first-order chi connectivity index (χ1) is 19.8. The van der Waals surface area contributed by atoms with Gasteiger partial charge in [0.2, 0.25) is 0 Å². The third-order valence-corrected chi connectivity index (χ3v) is 7.83. The van der Waals surface area contributed by atoms with Crippen molar-refractivity contribution in [3.8, 4) is 11.1 Å². The molecule has 2 heteroatoms. The van der Waals surface area contributed by atoms with E-state index in [1.165, 1.54) is 27.3 Å². The summed E-state index contributed by atoms with van der Waals surface area (Å²) < 4.78 is 6.55. The van der Waals surface area contributed by atoms with Gasteiger partial charge in [-0.3, -0.25) is 0 Å². The first-order valence-electron chi connectivity index (χ1n) is 13.6. The quantitative estimate of drug-likeness (QED) is 0.234. The monoisotopic (exact) mass is 511 g/mol. The van der Waals surface area contributed by atoms with E-state index in [0.29, 0.717) is 0 Å². The topological polar surface area (TPSA) is 16.4 Å². The maximum Gasteiger partial charge on any atom is 0.143 e. The van der Waals surface area contributed by atoms with Crippen LogP contribution in [0.3, 0.4) is 0 Å². The summed E-state index contributed by atoms with van der Waals surface area (Å²) in [4.78, 5) is 2.35. The molecule has 8 rings (SSSR count). The Morgan fingerprint density at radius 3 is 1.93 bits per heavy atom. The maximum absolute atomic E-state index is 6.55. The molecule has 0 amide bonds. The Kier molecular flexibility index (Phi) is 5.17. The third kappa shape index (κ3) is 3.58. The Bertz CT molecular complexity index is 2150. The summed E-state index contributed by atoms with van der Waals surface area (Å²) in [6.07, 6.45) is 0. The first-order valence-corrected chi connectivity index (χ1v) is 13.6. The average molecular weight is 512 g/mol. The van der Waals surface area contributed by atoms with Gasteiger partial charge >= 0.3 is 0 Å². The van der Waals surface area contributed by atoms with Crippen LogP contribution in [0.2, 0.25) is 0 Å². The van der Waals surface area contributed by atoms with Gasteiger partial charge in [-0.2, -0.15) is 0 Å². The molecule has 8 aromatic rings. The van der Waals surface area contributed by atoms with E-state index in [1.54, 1.807) is 0 Å². The van der Waals surface area contributed by atoms with E-state index >= 15 is 0 Å². The molecule has 2 nitrogen and oxygen atoms in total. The summed E-state index contributed by atoms with van der Waals surface area (Å²) in [7, 11) is 0. The largest absolute Gasteiger partial charge is 0.455 e. The fourth-order valence-electron chi connectivity index (χ4n) is 5.99. The molecule has 188 valence electrons. The normalized spacial score (nSPS) is 11.5. The van der Waals surface area contributed by atoms with Gasteiger partial charge in [0.05, 0.1) is 5.69 Å². The zero-order valence-electron chi connectivity index (χ0n) is 21.8. The Morgan fingerprint density at radius 2 is 1.10 bits per heavy atom. The van der Waals surface area contributed by atoms with Crippen molar-refractivity contribution in [3.63, 3.8) is 0 Å². The second-order valence-corrected chi connectivity index (χ2v) is 10.2. The van der Waals surface area contributed by atoms with Crippen LogP contribution in [0.4, 0.5) is 17.1 Å². The number of fused-ring (bicyclic) bond motifs is 6. The van der Waals surface area contributed by atoms with Gasteiger partial charge < -0.3 is 9.32 Å². The van der Waals surface area contributed by atoms with Gasteiger partial charge in [-0.15, -0.1) is 0 Å². The highest BCUT2D eigenvalue weighted by molar-refractivity contribution is 6.19. The summed E-state index contributed by atoms with van der Waals surface area (Å²) in [6.45, 7) is 0. The standard InChI is InChI=1S/C38H25NO/c1-3-12-27(13-4-1)33-25-35-34-24-29(22-23-37(34)40-38(35)32-20-10-9-19-31(32)33)39(28-16-5-2-6-17-28)36-21-11-15-26-14-7-8-18-30(26)36/h1-25H. The molecule has 1 heterocycles. The van der Waals surface area contributed by atoms with Crippen molar-refractivity contribution in [2.24, 2.45) is 0 Å². The predicted octanol–water partition coefficient (Wildman–Crippen LogP) is 11.0. The number of furan rings is 1. The van der Waals surface area contributed by atoms with Crippen LogP contribution in [0, 0.1) is 0 Å². The lowest BCUT2D eigenvalue weighted by molar-refractivity contribution is 0.672. The number of nitrogens with zero attached hydrogens (tertiary/aromatic N) is 1. The number of para-hydroxylation sites is 1. The summed E-state index contributed by atoms with van der Waals surface area (Å²) in [5.41, 5.74) is 7.58. The van der Waals surface area contributed by atoms with Crippen LogP contribution < -0.4 is 4.90 Å². The van der Waals surface area contributed by atoms with E-state index in [9.17, 15) is 0 Å². The van der Waals surface area contributed by atoms with E-state index in [4.69, 9.17) is 4.42 Å². The van der Waals surface area contributed by atoms with Crippen LogP contribution >= 0.6 is 0 Å². The van der Waals surface area contributed by atoms with Crippen molar-refractivity contribution in [2.45, 2.75) is 0 Å². The van der Waals surface area contributed by atoms with Crippen molar-refractivity contribution in [3.05, 3.63) is 152 Å². The van der Waals surface area contributed by atoms with E-state index in [2.05, 4.69) is 157 Å². The molecule has 0 saturated heterocycles. The number of hydrogen-bond acceptors (Lipinski definition) is 2. The molecular formula is C38H25NO. The maximum atomic E-state index is 6.55. The SMILES string of the molecule is c1ccc(-c2cc3c4cc(N(c5ccccc5)c5cccc6ccccc56)ccc4oc3c3ccccc23)cc1. The van der Waals surface area contributed by atoms with E-state index in [-0.39, 0.29) is 0 Å². The Morgan fingerprint density at radius 1 is 0.425 bits per heavy atom. The van der Waals surface area contributed by atoms with E-state index < -0.39 is 0 Å². The molecule has 0 aliphatic heterocycles. The summed E-state index contributed by atoms with van der Waals surface area (Å²) >= 11 is 0. The van der Waals surface area contributed by atoms with Crippen molar-refractivity contribution in [1.82, 2.24) is 0 Å². The van der Waals surface area contributed by atoms with Gasteiger partial charge in [0, 0.05) is 32.9 Å². The predicted molar refractivity (Wildman–Crippen MR) is 169 cm³/mol. The van der Waals surface area contributed by atoms with Gasteiger partial charge in [0.15, 0.2) is 0 Å². The zero-order valence-corrected chi connectivity index (χ0v) is 21.8. The minimum absolute atomic E-state index is 0.889. The highest BCUT2D eigenvalue weighted by atomic mass is 16.3. The fourth-order valence-corrected chi connectivity index (χ4v) is 5.99. The highest BCUT2D eigenvalue weighted by Crippen LogP contribution is 2.43. The van der Waals surface area contributed by atoms with Crippen LogP contribution in [0.15, 0.2) is 156 Å². The smallest absolute Gasteiger partial charge is 0.143 e. The third-order valence-electron chi connectivity index (χ3n) is 7.83. The van der Waals surface area contributed by atoms with Crippen LogP contribution in [0.5, 0.6) is 0 Å². The molecular weight excluding hydrogens is 486 g/mol. The molecule has 0 spiro atoms. The van der Waals surface area contributed by atoms with Crippen LogP contribution in [-0.4, -0.2) is 0 Å². The molecule has 0 aliphatic rings. The molecule has 40 heavy (non-hydrogen) atoms. The van der Waals surface area contributed by atoms with Crippen molar-refractivity contribution in [1.29, 1.82) is 0 Å². The van der Waals surface area contributed by atoms with Gasteiger partial charge in [-0.1, -0.05) is 109 Å². The van der Waals surface area contributed by atoms with Gasteiger partial charge in [-0.05, 0) is 64.4 Å². The van der Waals surface area contributed by atoms with Crippen molar-refractivity contribution < 1.29 is 4.42 Å². The van der Waals surface area contributed by atoms with Gasteiger partial charge in [-0.25, -0.2) is 0 Å². The van der Waals surface area contributed by atoms with E-state index in [1.807, 2.05) is 0 Å². The molecule has 1 aromatic heterocycles. The van der Waals surface area contributed by atoms with Gasteiger partial charge in [0.25, 0.3) is 0 Å². The Balaban J connectivity index is 1.42. The molecule has 0 radical (unpaired) electrons. The van der Waals surface area contributed by atoms with Crippen LogP contribution in [-0.2, 0) is 0 Å². The second-order valence-electron chi connectivity index (χ2n) is 10.2. The molecule has 0 aliphatic carbocycles. The summed E-state index contributed by atoms with van der Waals surface area (Å²) in [5.74, 6) is 0. The minimum atomic E-state index is 0.889. The lowest BCUT2D eigenvalue weighted by atomic mass is 9.95. The lowest BCUT2D eigenvalue weighted by Gasteiger charge is -2.27. The number of hydrogen-bond donors (Lipinski definition) is 0. The molecule has 0 atom stereocenters. The van der Waals surface area contributed by atoms with E-state index in [0.717, 1.165) is 44.4 Å². The average Bonchev–Trinajstić information content (AvgIpc) is 3.40. The minimum Gasteiger partial charge on any atom is -0.455 e. The van der Waals surface area contributed by atoms with Crippen LogP contribution in [0.25, 0.3) is 54.6 Å². The molecule has 0 unspecified atom stereocenters. The number of rotatable bonds is 4. The number of anilines is 3. The Labute approximate surface area is 232 Å². The molecule has 7 aromatic carbocycles. The molecule has 0 fully saturated rings. The Hall–Kier alpha value is -5.34. The van der Waals surface area contributed by atoms with Gasteiger partial charge in [0.1, 0.15) is 11.2 Å². The summed E-state index contributed by atoms with van der Waals surface area (Å²) in [5, 5.41) is 6.99. The summed E-state index contributed by atoms with van der Waals surface area (Å²) in [6, 6.07) is 53.7.